The van der Waals surface area contributed by atoms with E-state index >= 15 is 0 Å². The molecule has 0 unspecified atom stereocenters. The SMILES string of the molecule is Clc1cccc(Cl)c1-n1c(Cl)nnc1-c1ccccc1. The highest BCUT2D eigenvalue weighted by Crippen LogP contribution is 2.34. The monoisotopic (exact) mass is 323 g/mol. The van der Waals surface area contributed by atoms with E-state index in [1.165, 1.54) is 0 Å². The Kier molecular flexibility index (Phi) is 3.66. The molecular formula is C14H8Cl3N3. The fourth-order valence-corrected chi connectivity index (χ4v) is 2.71. The molecule has 0 N–H and O–H groups in total. The third-order valence-electron chi connectivity index (χ3n) is 2.82. The third kappa shape index (κ3) is 2.29. The van der Waals surface area contributed by atoms with Crippen LogP contribution in [0.25, 0.3) is 17.1 Å². The first-order valence-corrected chi connectivity index (χ1v) is 6.92. The zero-order valence-corrected chi connectivity index (χ0v) is 12.4. The summed E-state index contributed by atoms with van der Waals surface area (Å²) in [6.45, 7) is 0. The van der Waals surface area contributed by atoms with Crippen LogP contribution >= 0.6 is 34.8 Å². The van der Waals surface area contributed by atoms with Gasteiger partial charge >= 0.3 is 0 Å². The molecule has 0 radical (unpaired) electrons. The highest BCUT2D eigenvalue weighted by molar-refractivity contribution is 6.38. The van der Waals surface area contributed by atoms with E-state index < -0.39 is 0 Å². The third-order valence-corrected chi connectivity index (χ3v) is 3.67. The normalized spacial score (nSPS) is 10.8. The number of rotatable bonds is 2. The Balaban J connectivity index is 2.28. The van der Waals surface area contributed by atoms with Gasteiger partial charge in [0.25, 0.3) is 0 Å². The quantitative estimate of drug-likeness (QED) is 0.671. The summed E-state index contributed by atoms with van der Waals surface area (Å²) in [5.41, 5.74) is 1.45. The standard InChI is InChI=1S/C14H8Cl3N3/c15-10-7-4-8-11(16)12(10)20-13(18-19-14(20)17)9-5-2-1-3-6-9/h1-8H. The molecule has 3 nitrogen and oxygen atoms in total. The molecule has 3 rings (SSSR count). The van der Waals surface area contributed by atoms with Crippen molar-refractivity contribution >= 4 is 34.8 Å². The van der Waals surface area contributed by atoms with E-state index in [0.717, 1.165) is 5.56 Å². The van der Waals surface area contributed by atoms with Crippen molar-refractivity contribution in [2.45, 2.75) is 0 Å². The Morgan fingerprint density at radius 3 is 2.05 bits per heavy atom. The molecule has 0 aliphatic rings. The lowest BCUT2D eigenvalue weighted by molar-refractivity contribution is 1.06. The zero-order chi connectivity index (χ0) is 14.1. The van der Waals surface area contributed by atoms with Crippen LogP contribution in [0.3, 0.4) is 0 Å². The largest absolute Gasteiger partial charge is 0.263 e. The maximum atomic E-state index is 6.23. The number of aromatic nitrogens is 3. The Morgan fingerprint density at radius 1 is 0.750 bits per heavy atom. The molecule has 0 bridgehead atoms. The van der Waals surface area contributed by atoms with Crippen LogP contribution in [0.15, 0.2) is 48.5 Å². The predicted molar refractivity (Wildman–Crippen MR) is 81.8 cm³/mol. The molecule has 0 saturated heterocycles. The summed E-state index contributed by atoms with van der Waals surface area (Å²) in [6, 6.07) is 14.8. The Labute approximate surface area is 130 Å². The fourth-order valence-electron chi connectivity index (χ4n) is 1.94. The first kappa shape index (κ1) is 13.4. The topological polar surface area (TPSA) is 30.7 Å². The molecular weight excluding hydrogens is 317 g/mol. The molecule has 0 aliphatic carbocycles. The number of halogens is 3. The molecule has 6 heteroatoms. The van der Waals surface area contributed by atoms with Gasteiger partial charge in [0, 0.05) is 5.56 Å². The van der Waals surface area contributed by atoms with E-state index in [9.17, 15) is 0 Å². The maximum absolute atomic E-state index is 6.23. The Bertz CT molecular complexity index is 733. The van der Waals surface area contributed by atoms with Crippen molar-refractivity contribution in [3.8, 4) is 17.1 Å². The van der Waals surface area contributed by atoms with Gasteiger partial charge in [-0.25, -0.2) is 0 Å². The van der Waals surface area contributed by atoms with Gasteiger partial charge in [-0.15, -0.1) is 10.2 Å². The van der Waals surface area contributed by atoms with Crippen LogP contribution in [0.5, 0.6) is 0 Å². The van der Waals surface area contributed by atoms with Gasteiger partial charge in [-0.1, -0.05) is 59.6 Å². The fraction of sp³-hybridized carbons (Fsp3) is 0. The lowest BCUT2D eigenvalue weighted by Crippen LogP contribution is -1.99. The molecule has 2 aromatic carbocycles. The number of hydrogen-bond acceptors (Lipinski definition) is 2. The molecule has 0 saturated carbocycles. The van der Waals surface area contributed by atoms with Gasteiger partial charge in [0.1, 0.15) is 0 Å². The molecule has 20 heavy (non-hydrogen) atoms. The smallest absolute Gasteiger partial charge is 0.230 e. The molecule has 100 valence electrons. The summed E-state index contributed by atoms with van der Waals surface area (Å²) >= 11 is 18.6. The van der Waals surface area contributed by atoms with Crippen molar-refractivity contribution in [3.63, 3.8) is 0 Å². The summed E-state index contributed by atoms with van der Waals surface area (Å²) in [5, 5.41) is 9.19. The van der Waals surface area contributed by atoms with E-state index in [4.69, 9.17) is 34.8 Å². The molecule has 1 heterocycles. The minimum atomic E-state index is 0.207. The van der Waals surface area contributed by atoms with Crippen LogP contribution in [0.2, 0.25) is 15.3 Å². The van der Waals surface area contributed by atoms with Gasteiger partial charge < -0.3 is 0 Å². The van der Waals surface area contributed by atoms with Gasteiger partial charge in [0.05, 0.1) is 15.7 Å². The average Bonchev–Trinajstić information content (AvgIpc) is 2.82. The summed E-state index contributed by atoms with van der Waals surface area (Å²) in [7, 11) is 0. The highest BCUT2D eigenvalue weighted by Gasteiger charge is 2.18. The van der Waals surface area contributed by atoms with E-state index in [1.54, 1.807) is 22.8 Å². The highest BCUT2D eigenvalue weighted by atomic mass is 35.5. The molecule has 0 amide bonds. The second-order valence-electron chi connectivity index (χ2n) is 4.06. The first-order chi connectivity index (χ1) is 9.68. The summed E-state index contributed by atoms with van der Waals surface area (Å²) < 4.78 is 1.64. The Hall–Kier alpha value is -1.55. The number of nitrogens with zero attached hydrogens (tertiary/aromatic N) is 3. The van der Waals surface area contributed by atoms with Crippen molar-refractivity contribution in [3.05, 3.63) is 63.9 Å². The van der Waals surface area contributed by atoms with Gasteiger partial charge in [0.2, 0.25) is 5.28 Å². The first-order valence-electron chi connectivity index (χ1n) is 5.79. The van der Waals surface area contributed by atoms with Crippen molar-refractivity contribution in [1.82, 2.24) is 14.8 Å². The number of para-hydroxylation sites is 1. The summed E-state index contributed by atoms with van der Waals surface area (Å²) in [6.07, 6.45) is 0. The van der Waals surface area contributed by atoms with E-state index in [0.29, 0.717) is 21.6 Å². The molecule has 0 aliphatic heterocycles. The summed E-state index contributed by atoms with van der Waals surface area (Å²) in [4.78, 5) is 0. The van der Waals surface area contributed by atoms with Gasteiger partial charge in [-0.3, -0.25) is 4.57 Å². The van der Waals surface area contributed by atoms with Crippen LogP contribution in [0.4, 0.5) is 0 Å². The van der Waals surface area contributed by atoms with Crippen molar-refractivity contribution < 1.29 is 0 Å². The van der Waals surface area contributed by atoms with Crippen molar-refractivity contribution in [2.75, 3.05) is 0 Å². The maximum Gasteiger partial charge on any atom is 0.230 e. The summed E-state index contributed by atoms with van der Waals surface area (Å²) in [5.74, 6) is 0.589. The second-order valence-corrected chi connectivity index (χ2v) is 5.22. The van der Waals surface area contributed by atoms with E-state index in [-0.39, 0.29) is 5.28 Å². The van der Waals surface area contributed by atoms with Crippen LogP contribution in [0, 0.1) is 0 Å². The second kappa shape index (κ2) is 5.44. The average molecular weight is 325 g/mol. The van der Waals surface area contributed by atoms with E-state index in [1.807, 2.05) is 30.3 Å². The lowest BCUT2D eigenvalue weighted by Gasteiger charge is -2.11. The minimum Gasteiger partial charge on any atom is -0.263 e. The lowest BCUT2D eigenvalue weighted by atomic mass is 10.2. The van der Waals surface area contributed by atoms with Gasteiger partial charge in [-0.05, 0) is 23.7 Å². The van der Waals surface area contributed by atoms with Crippen LogP contribution in [0.1, 0.15) is 0 Å². The molecule has 0 atom stereocenters. The number of hydrogen-bond donors (Lipinski definition) is 0. The van der Waals surface area contributed by atoms with Crippen LogP contribution in [-0.4, -0.2) is 14.8 Å². The molecule has 3 aromatic rings. The van der Waals surface area contributed by atoms with Crippen molar-refractivity contribution in [1.29, 1.82) is 0 Å². The predicted octanol–water partition coefficient (Wildman–Crippen LogP) is 4.89. The molecule has 0 spiro atoms. The zero-order valence-electron chi connectivity index (χ0n) is 10.1. The van der Waals surface area contributed by atoms with Crippen LogP contribution < -0.4 is 0 Å². The van der Waals surface area contributed by atoms with Crippen LogP contribution in [-0.2, 0) is 0 Å². The van der Waals surface area contributed by atoms with Gasteiger partial charge in [0.15, 0.2) is 5.82 Å². The molecule has 0 fully saturated rings. The number of benzene rings is 2. The minimum absolute atomic E-state index is 0.207. The van der Waals surface area contributed by atoms with Crippen molar-refractivity contribution in [2.24, 2.45) is 0 Å². The Morgan fingerprint density at radius 2 is 1.40 bits per heavy atom. The van der Waals surface area contributed by atoms with E-state index in [2.05, 4.69) is 10.2 Å². The molecule has 1 aromatic heterocycles. The van der Waals surface area contributed by atoms with Gasteiger partial charge in [-0.2, -0.15) is 0 Å².